The number of nitrogens with zero attached hydrogens (tertiary/aromatic N) is 1. The molecule has 92 valence electrons. The van der Waals surface area contributed by atoms with Crippen LogP contribution < -0.4 is 5.73 Å². The van der Waals surface area contributed by atoms with E-state index in [1.54, 1.807) is 7.11 Å². The summed E-state index contributed by atoms with van der Waals surface area (Å²) in [5.74, 6) is 0. The molecule has 3 heteroatoms. The molecule has 0 amide bonds. The molecule has 0 bridgehead atoms. The zero-order chi connectivity index (χ0) is 11.9. The Morgan fingerprint density at radius 3 is 2.33 bits per heavy atom. The highest BCUT2D eigenvalue weighted by Crippen LogP contribution is 2.25. The van der Waals surface area contributed by atoms with Crippen molar-refractivity contribution < 1.29 is 4.74 Å². The summed E-state index contributed by atoms with van der Waals surface area (Å²) in [6.07, 6.45) is 3.43. The highest BCUT2D eigenvalue weighted by Gasteiger charge is 2.32. The third kappa shape index (κ3) is 3.74. The molecule has 2 atom stereocenters. The molecule has 0 aliphatic carbocycles. The molecule has 2 N–H and O–H groups in total. The highest BCUT2D eigenvalue weighted by atomic mass is 16.5. The van der Waals surface area contributed by atoms with E-state index in [2.05, 4.69) is 32.7 Å². The fraction of sp³-hybridized carbons (Fsp3) is 1.00. The summed E-state index contributed by atoms with van der Waals surface area (Å²) in [4.78, 5) is 2.39. The van der Waals surface area contributed by atoms with E-state index in [1.165, 1.54) is 6.42 Å². The van der Waals surface area contributed by atoms with Crippen LogP contribution in [-0.2, 0) is 4.74 Å². The number of hydrogen-bond donors (Lipinski definition) is 1. The van der Waals surface area contributed by atoms with Crippen molar-refractivity contribution in [2.75, 3.05) is 27.3 Å². The Labute approximate surface area is 95.0 Å². The average Bonchev–Trinajstić information content (AvgIpc) is 2.25. The maximum absolute atomic E-state index is 5.96. The van der Waals surface area contributed by atoms with Crippen molar-refractivity contribution in [3.05, 3.63) is 0 Å². The van der Waals surface area contributed by atoms with Gasteiger partial charge in [-0.1, -0.05) is 20.3 Å². The largest absolute Gasteiger partial charge is 0.383 e. The van der Waals surface area contributed by atoms with E-state index in [-0.39, 0.29) is 5.54 Å². The van der Waals surface area contributed by atoms with E-state index in [0.717, 1.165) is 26.0 Å². The van der Waals surface area contributed by atoms with E-state index >= 15 is 0 Å². The average molecular weight is 216 g/mol. The first-order chi connectivity index (χ1) is 7.07. The number of hydrogen-bond acceptors (Lipinski definition) is 3. The fourth-order valence-corrected chi connectivity index (χ4v) is 2.28. The molecule has 15 heavy (non-hydrogen) atoms. The predicted molar refractivity (Wildman–Crippen MR) is 66.1 cm³/mol. The lowest BCUT2D eigenvalue weighted by Gasteiger charge is -2.44. The first-order valence-electron chi connectivity index (χ1n) is 5.99. The number of methoxy groups -OCH3 is 1. The van der Waals surface area contributed by atoms with Gasteiger partial charge in [-0.25, -0.2) is 0 Å². The number of nitrogens with two attached hydrogens (primary N) is 1. The van der Waals surface area contributed by atoms with Crippen LogP contribution in [-0.4, -0.2) is 43.8 Å². The molecular weight excluding hydrogens is 188 g/mol. The minimum absolute atomic E-state index is 0.146. The Morgan fingerprint density at radius 2 is 2.00 bits per heavy atom. The van der Waals surface area contributed by atoms with Crippen molar-refractivity contribution in [1.29, 1.82) is 0 Å². The lowest BCUT2D eigenvalue weighted by molar-refractivity contribution is 0.0298. The van der Waals surface area contributed by atoms with Crippen molar-refractivity contribution in [2.45, 2.75) is 51.6 Å². The van der Waals surface area contributed by atoms with Crippen molar-refractivity contribution >= 4 is 0 Å². The highest BCUT2D eigenvalue weighted by molar-refractivity contribution is 4.91. The summed E-state index contributed by atoms with van der Waals surface area (Å²) in [5, 5.41) is 0. The van der Waals surface area contributed by atoms with Gasteiger partial charge in [0.2, 0.25) is 0 Å². The number of likely N-dealkylation sites (N-methyl/N-ethyl adjacent to an activating group) is 1. The fourth-order valence-electron chi connectivity index (χ4n) is 2.28. The van der Waals surface area contributed by atoms with E-state index in [0.29, 0.717) is 6.04 Å². The van der Waals surface area contributed by atoms with Crippen molar-refractivity contribution in [3.8, 4) is 0 Å². The van der Waals surface area contributed by atoms with Gasteiger partial charge in [-0.05, 0) is 26.8 Å². The van der Waals surface area contributed by atoms with E-state index in [1.807, 2.05) is 0 Å². The second kappa shape index (κ2) is 7.20. The second-order valence-corrected chi connectivity index (χ2v) is 4.45. The number of ether oxygens (including phenoxy) is 1. The molecule has 0 aliphatic rings. The van der Waals surface area contributed by atoms with Gasteiger partial charge in [0.25, 0.3) is 0 Å². The smallest absolute Gasteiger partial charge is 0.0615 e. The topological polar surface area (TPSA) is 38.5 Å². The normalized spacial score (nSPS) is 17.8. The second-order valence-electron chi connectivity index (χ2n) is 4.45. The predicted octanol–water partition coefficient (Wildman–Crippen LogP) is 1.86. The Balaban J connectivity index is 4.58. The van der Waals surface area contributed by atoms with Gasteiger partial charge in [-0.15, -0.1) is 0 Å². The third-order valence-electron chi connectivity index (χ3n) is 3.57. The molecule has 0 aromatic heterocycles. The SMILES string of the molecule is CCCC(CC)(CN)N(C)C(C)COC. The quantitative estimate of drug-likeness (QED) is 0.673. The maximum atomic E-state index is 5.96. The summed E-state index contributed by atoms with van der Waals surface area (Å²) >= 11 is 0. The standard InChI is InChI=1S/C12H28N2O/c1-6-8-12(7-2,10-13)14(4)11(3)9-15-5/h11H,6-10,13H2,1-5H3. The first-order valence-corrected chi connectivity index (χ1v) is 5.99. The molecule has 0 heterocycles. The van der Waals surface area contributed by atoms with E-state index in [9.17, 15) is 0 Å². The summed E-state index contributed by atoms with van der Waals surface area (Å²) in [6, 6.07) is 0.421. The van der Waals surface area contributed by atoms with Crippen LogP contribution in [0.15, 0.2) is 0 Å². The Kier molecular flexibility index (Phi) is 7.14. The van der Waals surface area contributed by atoms with Crippen LogP contribution in [0.25, 0.3) is 0 Å². The number of rotatable bonds is 8. The zero-order valence-corrected chi connectivity index (χ0v) is 11.0. The van der Waals surface area contributed by atoms with Crippen molar-refractivity contribution in [3.63, 3.8) is 0 Å². The van der Waals surface area contributed by atoms with Gasteiger partial charge in [-0.2, -0.15) is 0 Å². The van der Waals surface area contributed by atoms with Crippen LogP contribution in [0.3, 0.4) is 0 Å². The molecule has 0 aromatic rings. The van der Waals surface area contributed by atoms with Crippen LogP contribution >= 0.6 is 0 Å². The molecule has 0 rings (SSSR count). The van der Waals surface area contributed by atoms with Crippen LogP contribution in [0.2, 0.25) is 0 Å². The van der Waals surface area contributed by atoms with Crippen LogP contribution in [0.4, 0.5) is 0 Å². The molecule has 0 saturated heterocycles. The third-order valence-corrected chi connectivity index (χ3v) is 3.57. The molecule has 0 fully saturated rings. The summed E-state index contributed by atoms with van der Waals surface area (Å²) < 4.78 is 5.20. The van der Waals surface area contributed by atoms with Gasteiger partial charge < -0.3 is 10.5 Å². The van der Waals surface area contributed by atoms with Gasteiger partial charge in [-0.3, -0.25) is 4.90 Å². The van der Waals surface area contributed by atoms with Gasteiger partial charge in [0.1, 0.15) is 0 Å². The van der Waals surface area contributed by atoms with E-state index < -0.39 is 0 Å². The Bertz CT molecular complexity index is 158. The van der Waals surface area contributed by atoms with Crippen molar-refractivity contribution in [2.24, 2.45) is 5.73 Å². The van der Waals surface area contributed by atoms with Gasteiger partial charge in [0.05, 0.1) is 6.61 Å². The lowest BCUT2D eigenvalue weighted by atomic mass is 9.88. The minimum Gasteiger partial charge on any atom is -0.383 e. The Morgan fingerprint density at radius 1 is 1.40 bits per heavy atom. The molecule has 3 nitrogen and oxygen atoms in total. The van der Waals surface area contributed by atoms with Crippen LogP contribution in [0.1, 0.15) is 40.0 Å². The summed E-state index contributed by atoms with van der Waals surface area (Å²) in [7, 11) is 3.91. The summed E-state index contributed by atoms with van der Waals surface area (Å²) in [5.41, 5.74) is 6.10. The van der Waals surface area contributed by atoms with Crippen molar-refractivity contribution in [1.82, 2.24) is 4.90 Å². The maximum Gasteiger partial charge on any atom is 0.0615 e. The molecule has 0 saturated carbocycles. The van der Waals surface area contributed by atoms with Gasteiger partial charge in [0.15, 0.2) is 0 Å². The lowest BCUT2D eigenvalue weighted by Crippen LogP contribution is -2.55. The van der Waals surface area contributed by atoms with Gasteiger partial charge in [0, 0.05) is 25.2 Å². The van der Waals surface area contributed by atoms with Gasteiger partial charge >= 0.3 is 0 Å². The molecule has 0 spiro atoms. The zero-order valence-electron chi connectivity index (χ0n) is 11.0. The first kappa shape index (κ1) is 14.9. The Hall–Kier alpha value is -0.120. The van der Waals surface area contributed by atoms with Crippen LogP contribution in [0.5, 0.6) is 0 Å². The molecule has 0 aliphatic heterocycles. The monoisotopic (exact) mass is 216 g/mol. The molecule has 0 aromatic carbocycles. The molecular formula is C12H28N2O. The summed E-state index contributed by atoms with van der Waals surface area (Å²) in [6.45, 7) is 8.12. The molecule has 2 unspecified atom stereocenters. The van der Waals surface area contributed by atoms with Crippen LogP contribution in [0, 0.1) is 0 Å². The van der Waals surface area contributed by atoms with E-state index in [4.69, 9.17) is 10.5 Å². The minimum atomic E-state index is 0.146. The molecule has 0 radical (unpaired) electrons.